The second kappa shape index (κ2) is 3.47. The molecule has 0 unspecified atom stereocenters. The van der Waals surface area contributed by atoms with E-state index in [-0.39, 0.29) is 0 Å². The first-order valence-electron chi connectivity index (χ1n) is 4.38. The molecule has 1 aliphatic rings. The van der Waals surface area contributed by atoms with Crippen LogP contribution in [0, 0.1) is 0 Å². The van der Waals surface area contributed by atoms with Crippen molar-refractivity contribution in [3.8, 4) is 0 Å². The van der Waals surface area contributed by atoms with Gasteiger partial charge in [0.2, 0.25) is 0 Å². The van der Waals surface area contributed by atoms with Crippen LogP contribution >= 0.6 is 27.5 Å². The first kappa shape index (κ1) is 9.29. The van der Waals surface area contributed by atoms with E-state index in [4.69, 9.17) is 11.6 Å². The Hall–Kier alpha value is -0.270. The van der Waals surface area contributed by atoms with E-state index in [1.54, 1.807) is 0 Å². The molecule has 1 aromatic carbocycles. The molecule has 0 amide bonds. The standard InChI is InChI=1S/C11H10BrCl/c1-2-9-10(7-3-4-7)5-8(13)6-11(9)12/h3-7H,2H2,1H3. The molecule has 0 aliphatic heterocycles. The Morgan fingerprint density at radius 2 is 2.08 bits per heavy atom. The maximum absolute atomic E-state index is 5.99. The summed E-state index contributed by atoms with van der Waals surface area (Å²) in [5, 5.41) is 0.813. The summed E-state index contributed by atoms with van der Waals surface area (Å²) in [6.45, 7) is 2.17. The fourth-order valence-corrected chi connectivity index (χ4v) is 2.67. The Morgan fingerprint density at radius 1 is 1.38 bits per heavy atom. The first-order valence-corrected chi connectivity index (χ1v) is 5.55. The van der Waals surface area contributed by atoms with E-state index in [0.29, 0.717) is 5.92 Å². The number of allylic oxidation sites excluding steroid dienone is 2. The molecular weight excluding hydrogens is 247 g/mol. The van der Waals surface area contributed by atoms with Gasteiger partial charge in [0.1, 0.15) is 0 Å². The Labute approximate surface area is 91.7 Å². The highest BCUT2D eigenvalue weighted by molar-refractivity contribution is 9.10. The first-order chi connectivity index (χ1) is 6.22. The second-order valence-corrected chi connectivity index (χ2v) is 4.51. The SMILES string of the molecule is CCc1c(Br)cc(Cl)cc1C1C=C1. The van der Waals surface area contributed by atoms with E-state index in [1.165, 1.54) is 11.1 Å². The van der Waals surface area contributed by atoms with Crippen molar-refractivity contribution in [1.82, 2.24) is 0 Å². The molecule has 2 rings (SSSR count). The van der Waals surface area contributed by atoms with Crippen LogP contribution in [-0.4, -0.2) is 0 Å². The van der Waals surface area contributed by atoms with E-state index >= 15 is 0 Å². The third kappa shape index (κ3) is 1.82. The molecule has 0 bridgehead atoms. The minimum atomic E-state index is 0.532. The zero-order chi connectivity index (χ0) is 9.42. The van der Waals surface area contributed by atoms with Crippen molar-refractivity contribution in [2.75, 3.05) is 0 Å². The molecule has 1 aromatic rings. The van der Waals surface area contributed by atoms with Crippen LogP contribution in [0.3, 0.4) is 0 Å². The lowest BCUT2D eigenvalue weighted by Gasteiger charge is -2.09. The normalized spacial score (nSPS) is 15.0. The van der Waals surface area contributed by atoms with Crippen LogP contribution in [0.5, 0.6) is 0 Å². The summed E-state index contributed by atoms with van der Waals surface area (Å²) < 4.78 is 1.13. The summed E-state index contributed by atoms with van der Waals surface area (Å²) in [5.41, 5.74) is 2.72. The highest BCUT2D eigenvalue weighted by Crippen LogP contribution is 2.37. The summed E-state index contributed by atoms with van der Waals surface area (Å²) in [4.78, 5) is 0. The lowest BCUT2D eigenvalue weighted by molar-refractivity contribution is 1.06. The lowest BCUT2D eigenvalue weighted by atomic mass is 10.0. The highest BCUT2D eigenvalue weighted by Gasteiger charge is 2.18. The summed E-state index contributed by atoms with van der Waals surface area (Å²) in [5.74, 6) is 0.532. The van der Waals surface area contributed by atoms with Crippen LogP contribution in [0.1, 0.15) is 24.0 Å². The summed E-state index contributed by atoms with van der Waals surface area (Å²) >= 11 is 9.54. The van der Waals surface area contributed by atoms with Crippen molar-refractivity contribution in [2.24, 2.45) is 0 Å². The van der Waals surface area contributed by atoms with E-state index in [9.17, 15) is 0 Å². The molecule has 0 saturated carbocycles. The van der Waals surface area contributed by atoms with Gasteiger partial charge in [-0.05, 0) is 29.7 Å². The van der Waals surface area contributed by atoms with Crippen molar-refractivity contribution in [2.45, 2.75) is 19.3 Å². The van der Waals surface area contributed by atoms with Gasteiger partial charge in [-0.3, -0.25) is 0 Å². The maximum Gasteiger partial charge on any atom is 0.0420 e. The van der Waals surface area contributed by atoms with Crippen molar-refractivity contribution in [1.29, 1.82) is 0 Å². The lowest BCUT2D eigenvalue weighted by Crippen LogP contribution is -1.92. The molecule has 13 heavy (non-hydrogen) atoms. The minimum Gasteiger partial charge on any atom is -0.0843 e. The average molecular weight is 258 g/mol. The minimum absolute atomic E-state index is 0.532. The smallest absolute Gasteiger partial charge is 0.0420 e. The van der Waals surface area contributed by atoms with Crippen molar-refractivity contribution < 1.29 is 0 Å². The largest absolute Gasteiger partial charge is 0.0843 e. The number of hydrogen-bond donors (Lipinski definition) is 0. The Morgan fingerprint density at radius 3 is 2.62 bits per heavy atom. The molecule has 0 heterocycles. The average Bonchev–Trinajstić information content (AvgIpc) is 2.85. The molecule has 0 fully saturated rings. The van der Waals surface area contributed by atoms with Gasteiger partial charge in [0.05, 0.1) is 0 Å². The predicted octanol–water partition coefficient (Wildman–Crippen LogP) is 4.32. The fourth-order valence-electron chi connectivity index (χ4n) is 1.56. The summed E-state index contributed by atoms with van der Waals surface area (Å²) in [6.07, 6.45) is 5.43. The van der Waals surface area contributed by atoms with E-state index < -0.39 is 0 Å². The van der Waals surface area contributed by atoms with Gasteiger partial charge in [-0.25, -0.2) is 0 Å². The highest BCUT2D eigenvalue weighted by atomic mass is 79.9. The molecule has 1 aliphatic carbocycles. The van der Waals surface area contributed by atoms with E-state index in [0.717, 1.165) is 15.9 Å². The zero-order valence-corrected chi connectivity index (χ0v) is 9.69. The van der Waals surface area contributed by atoms with Crippen molar-refractivity contribution in [3.63, 3.8) is 0 Å². The third-order valence-corrected chi connectivity index (χ3v) is 3.22. The van der Waals surface area contributed by atoms with E-state index in [1.807, 2.05) is 6.07 Å². The fraction of sp³-hybridized carbons (Fsp3) is 0.273. The topological polar surface area (TPSA) is 0 Å². The van der Waals surface area contributed by atoms with Crippen LogP contribution in [0.4, 0.5) is 0 Å². The predicted molar refractivity (Wildman–Crippen MR) is 60.4 cm³/mol. The van der Waals surface area contributed by atoms with Crippen LogP contribution in [-0.2, 0) is 6.42 Å². The van der Waals surface area contributed by atoms with Crippen molar-refractivity contribution >= 4 is 27.5 Å². The number of rotatable bonds is 2. The third-order valence-electron chi connectivity index (χ3n) is 2.29. The zero-order valence-electron chi connectivity index (χ0n) is 7.35. The van der Waals surface area contributed by atoms with Gasteiger partial charge in [-0.15, -0.1) is 0 Å². The number of hydrogen-bond acceptors (Lipinski definition) is 0. The van der Waals surface area contributed by atoms with Crippen LogP contribution < -0.4 is 0 Å². The molecule has 0 nitrogen and oxygen atoms in total. The molecule has 0 spiro atoms. The maximum atomic E-state index is 5.99. The van der Waals surface area contributed by atoms with Crippen LogP contribution in [0.15, 0.2) is 28.8 Å². The molecule has 68 valence electrons. The van der Waals surface area contributed by atoms with E-state index in [2.05, 4.69) is 41.1 Å². The molecule has 0 saturated heterocycles. The van der Waals surface area contributed by atoms with Crippen LogP contribution in [0.25, 0.3) is 0 Å². The van der Waals surface area contributed by atoms with Gasteiger partial charge >= 0.3 is 0 Å². The molecular formula is C11H10BrCl. The number of benzene rings is 1. The van der Waals surface area contributed by atoms with Crippen molar-refractivity contribution in [3.05, 3.63) is 44.9 Å². The van der Waals surface area contributed by atoms with Gasteiger partial charge in [0.25, 0.3) is 0 Å². The Kier molecular flexibility index (Phi) is 2.48. The van der Waals surface area contributed by atoms with Gasteiger partial charge in [-0.1, -0.05) is 46.6 Å². The van der Waals surface area contributed by atoms with Gasteiger partial charge in [-0.2, -0.15) is 0 Å². The Balaban J connectivity index is 2.50. The van der Waals surface area contributed by atoms with Gasteiger partial charge in [0, 0.05) is 15.4 Å². The van der Waals surface area contributed by atoms with Crippen LogP contribution in [0.2, 0.25) is 5.02 Å². The Bertz CT molecular complexity index is 363. The molecule has 0 radical (unpaired) electrons. The molecule has 0 N–H and O–H groups in total. The monoisotopic (exact) mass is 256 g/mol. The van der Waals surface area contributed by atoms with Gasteiger partial charge in [0.15, 0.2) is 0 Å². The van der Waals surface area contributed by atoms with Gasteiger partial charge < -0.3 is 0 Å². The summed E-state index contributed by atoms with van der Waals surface area (Å²) in [7, 11) is 0. The second-order valence-electron chi connectivity index (χ2n) is 3.22. The summed E-state index contributed by atoms with van der Waals surface area (Å²) in [6, 6.07) is 4.03. The number of halogens is 2. The molecule has 0 aromatic heterocycles. The molecule has 2 heteroatoms. The molecule has 0 atom stereocenters. The quantitative estimate of drug-likeness (QED) is 0.692.